The molecule has 0 bridgehead atoms. The van der Waals surface area contributed by atoms with Gasteiger partial charge < -0.3 is 18.8 Å². The van der Waals surface area contributed by atoms with Gasteiger partial charge in [-0.2, -0.15) is 10.0 Å². The van der Waals surface area contributed by atoms with Gasteiger partial charge in [0.15, 0.2) is 11.0 Å². The highest BCUT2D eigenvalue weighted by molar-refractivity contribution is 8.26. The summed E-state index contributed by atoms with van der Waals surface area (Å²) in [5, 5.41) is 15.5. The monoisotopic (exact) mass is 479 g/mol. The number of ether oxygens (including phenoxy) is 2. The second-order valence-electron chi connectivity index (χ2n) is 7.51. The first-order chi connectivity index (χ1) is 16.5. The Hall–Kier alpha value is -3.70. The van der Waals surface area contributed by atoms with Crippen molar-refractivity contribution in [3.63, 3.8) is 0 Å². The predicted molar refractivity (Wildman–Crippen MR) is 128 cm³/mol. The van der Waals surface area contributed by atoms with Gasteiger partial charge in [0, 0.05) is 18.7 Å². The Morgan fingerprint density at radius 3 is 2.85 bits per heavy atom. The molecule has 4 heterocycles. The van der Waals surface area contributed by atoms with E-state index in [1.807, 2.05) is 6.07 Å². The lowest BCUT2D eigenvalue weighted by molar-refractivity contribution is -0.114. The summed E-state index contributed by atoms with van der Waals surface area (Å²) < 4.78 is 16.3. The van der Waals surface area contributed by atoms with Crippen LogP contribution in [0.1, 0.15) is 23.0 Å². The van der Waals surface area contributed by atoms with E-state index in [4.69, 9.17) is 19.3 Å². The molecule has 0 unspecified atom stereocenters. The quantitative estimate of drug-likeness (QED) is 0.525. The van der Waals surface area contributed by atoms with Crippen molar-refractivity contribution >= 4 is 45.9 Å². The van der Waals surface area contributed by atoms with Crippen molar-refractivity contribution < 1.29 is 23.5 Å². The molecule has 0 atom stereocenters. The summed E-state index contributed by atoms with van der Waals surface area (Å²) >= 11 is 1.27. The highest BCUT2D eigenvalue weighted by atomic mass is 32.2. The maximum Gasteiger partial charge on any atom is 0.338 e. The minimum Gasteiger partial charge on any atom is -0.462 e. The Balaban J connectivity index is 1.37. The van der Waals surface area contributed by atoms with Crippen LogP contribution in [0.5, 0.6) is 0 Å². The molecular weight excluding hydrogens is 458 g/mol. The number of aliphatic imine (C=N–C) groups is 1. The maximum absolute atomic E-state index is 12.7. The van der Waals surface area contributed by atoms with Gasteiger partial charge in [-0.3, -0.25) is 10.2 Å². The van der Waals surface area contributed by atoms with Crippen LogP contribution in [0, 0.1) is 5.41 Å². The number of morpholine rings is 1. The van der Waals surface area contributed by atoms with E-state index in [2.05, 4.69) is 15.0 Å². The average Bonchev–Trinajstić information content (AvgIpc) is 3.50. The first-order valence-electron chi connectivity index (χ1n) is 10.7. The number of fused-ring (bicyclic) bond motifs is 1. The van der Waals surface area contributed by atoms with Gasteiger partial charge in [0.1, 0.15) is 11.5 Å². The van der Waals surface area contributed by atoms with Crippen molar-refractivity contribution in [2.75, 3.05) is 32.9 Å². The Labute approximate surface area is 199 Å². The van der Waals surface area contributed by atoms with Crippen LogP contribution in [0.15, 0.2) is 56.5 Å². The lowest BCUT2D eigenvalue weighted by atomic mass is 10.1. The minimum absolute atomic E-state index is 0.0620. The fourth-order valence-electron chi connectivity index (χ4n) is 3.61. The summed E-state index contributed by atoms with van der Waals surface area (Å²) in [5.74, 6) is -0.0973. The molecule has 1 saturated heterocycles. The van der Waals surface area contributed by atoms with Gasteiger partial charge in [0.05, 0.1) is 31.0 Å². The molecule has 1 fully saturated rings. The van der Waals surface area contributed by atoms with Gasteiger partial charge in [0.25, 0.3) is 5.91 Å². The molecule has 0 spiro atoms. The number of nitrogens with zero attached hydrogens (tertiary/aromatic N) is 4. The maximum atomic E-state index is 12.7. The van der Waals surface area contributed by atoms with Crippen LogP contribution in [0.2, 0.25) is 0 Å². The lowest BCUT2D eigenvalue weighted by Gasteiger charge is -2.26. The summed E-state index contributed by atoms with van der Waals surface area (Å²) in [6, 6.07) is 10.3. The number of furan rings is 1. The number of thioether (sulfide) groups is 1. The number of carbonyl (C=O) groups is 2. The zero-order valence-corrected chi connectivity index (χ0v) is 19.1. The number of hydrogen-bond donors (Lipinski definition) is 1. The highest BCUT2D eigenvalue weighted by Crippen LogP contribution is 2.31. The van der Waals surface area contributed by atoms with Crippen LogP contribution in [0.25, 0.3) is 17.4 Å². The Morgan fingerprint density at radius 2 is 2.06 bits per heavy atom. The van der Waals surface area contributed by atoms with E-state index in [-0.39, 0.29) is 11.4 Å². The molecule has 174 valence electrons. The molecule has 1 amide bonds. The van der Waals surface area contributed by atoms with E-state index in [1.54, 1.807) is 37.3 Å². The fourth-order valence-corrected chi connectivity index (χ4v) is 4.55. The minimum atomic E-state index is -0.524. The number of nitrogens with one attached hydrogen (secondary N) is 1. The van der Waals surface area contributed by atoms with E-state index in [1.165, 1.54) is 22.8 Å². The first kappa shape index (κ1) is 22.1. The van der Waals surface area contributed by atoms with Gasteiger partial charge >= 0.3 is 5.97 Å². The van der Waals surface area contributed by atoms with Crippen molar-refractivity contribution in [3.05, 3.63) is 53.3 Å². The molecule has 0 saturated carbocycles. The van der Waals surface area contributed by atoms with Crippen LogP contribution in [-0.4, -0.2) is 70.9 Å². The molecule has 3 aliphatic heterocycles. The normalized spacial score (nSPS) is 19.3. The van der Waals surface area contributed by atoms with Crippen molar-refractivity contribution in [2.45, 2.75) is 6.92 Å². The molecule has 1 aromatic heterocycles. The zero-order chi connectivity index (χ0) is 23.7. The van der Waals surface area contributed by atoms with E-state index >= 15 is 0 Å². The van der Waals surface area contributed by atoms with Crippen molar-refractivity contribution in [2.24, 2.45) is 10.1 Å². The number of amidine groups is 3. The van der Waals surface area contributed by atoms with Gasteiger partial charge in [-0.05, 0) is 49.0 Å². The Morgan fingerprint density at radius 1 is 1.24 bits per heavy atom. The largest absolute Gasteiger partial charge is 0.462 e. The van der Waals surface area contributed by atoms with E-state index in [0.29, 0.717) is 65.9 Å². The summed E-state index contributed by atoms with van der Waals surface area (Å²) in [6.45, 7) is 4.65. The van der Waals surface area contributed by atoms with Crippen molar-refractivity contribution in [3.8, 4) is 11.3 Å². The van der Waals surface area contributed by atoms with Crippen LogP contribution >= 0.6 is 11.8 Å². The molecule has 1 N–H and O–H groups in total. The van der Waals surface area contributed by atoms with Gasteiger partial charge in [-0.15, -0.1) is 5.10 Å². The standard InChI is InChI=1S/C23H21N5O5S/c1-2-32-21(30)15-5-3-4-14(12-15)18-7-6-16(33-18)13-17-19(24)28-22(25-20(17)29)34-23(26-28)27-8-10-31-11-9-27/h3-7,12-13,24H,2,8-11H2,1H3/b17-13+,24-19?. The van der Waals surface area contributed by atoms with Gasteiger partial charge in [-0.25, -0.2) is 4.79 Å². The number of esters is 1. The number of rotatable bonds is 4. The third kappa shape index (κ3) is 4.27. The predicted octanol–water partition coefficient (Wildman–Crippen LogP) is 3.03. The molecule has 0 aliphatic carbocycles. The molecule has 5 rings (SSSR count). The SMILES string of the molecule is CCOC(=O)c1cccc(-c2ccc(/C=C3\C(=N)N4N=C(N5CCOCC5)SC4=NC3=O)o2)c1. The molecule has 2 aromatic rings. The van der Waals surface area contributed by atoms with E-state index in [9.17, 15) is 9.59 Å². The van der Waals surface area contributed by atoms with Crippen LogP contribution < -0.4 is 0 Å². The zero-order valence-electron chi connectivity index (χ0n) is 18.3. The number of hydrogen-bond acceptors (Lipinski definition) is 9. The molecule has 0 radical (unpaired) electrons. The topological polar surface area (TPSA) is 121 Å². The third-order valence-corrected chi connectivity index (χ3v) is 6.27. The van der Waals surface area contributed by atoms with Gasteiger partial charge in [-0.1, -0.05) is 12.1 Å². The highest BCUT2D eigenvalue weighted by Gasteiger charge is 2.37. The van der Waals surface area contributed by atoms with Crippen LogP contribution in [0.4, 0.5) is 0 Å². The summed E-state index contributed by atoms with van der Waals surface area (Å²) in [6.07, 6.45) is 1.48. The molecule has 34 heavy (non-hydrogen) atoms. The smallest absolute Gasteiger partial charge is 0.338 e. The molecule has 10 nitrogen and oxygen atoms in total. The molecular formula is C23H21N5O5S. The number of benzene rings is 1. The second-order valence-corrected chi connectivity index (χ2v) is 8.44. The van der Waals surface area contributed by atoms with Crippen molar-refractivity contribution in [1.82, 2.24) is 9.91 Å². The summed E-state index contributed by atoms with van der Waals surface area (Å²) in [4.78, 5) is 30.9. The third-order valence-electron chi connectivity index (χ3n) is 5.30. The lowest BCUT2D eigenvalue weighted by Crippen LogP contribution is -2.39. The molecule has 1 aromatic carbocycles. The Bertz CT molecular complexity index is 1260. The van der Waals surface area contributed by atoms with E-state index < -0.39 is 11.9 Å². The number of hydrazone groups is 1. The molecule has 3 aliphatic rings. The summed E-state index contributed by atoms with van der Waals surface area (Å²) in [5.41, 5.74) is 1.19. The fraction of sp³-hybridized carbons (Fsp3) is 0.261. The van der Waals surface area contributed by atoms with Crippen molar-refractivity contribution in [1.29, 1.82) is 5.41 Å². The molecule has 11 heteroatoms. The average molecular weight is 480 g/mol. The Kier molecular flexibility index (Phi) is 6.03. The number of amides is 1. The second kappa shape index (κ2) is 9.27. The van der Waals surface area contributed by atoms with Crippen LogP contribution in [-0.2, 0) is 14.3 Å². The van der Waals surface area contributed by atoms with Crippen LogP contribution in [0.3, 0.4) is 0 Å². The summed E-state index contributed by atoms with van der Waals surface area (Å²) in [7, 11) is 0. The number of carbonyl (C=O) groups excluding carboxylic acids is 2. The van der Waals surface area contributed by atoms with Gasteiger partial charge in [0.2, 0.25) is 5.17 Å². The first-order valence-corrected chi connectivity index (χ1v) is 11.6. The van der Waals surface area contributed by atoms with E-state index in [0.717, 1.165) is 0 Å².